The highest BCUT2D eigenvalue weighted by molar-refractivity contribution is 7.27. The Labute approximate surface area is 299 Å². The highest BCUT2D eigenvalue weighted by Gasteiger charge is 2.45. The average Bonchev–Trinajstić information content (AvgIpc) is 3.86. The maximum Gasteiger partial charge on any atom is 0.277 e. The van der Waals surface area contributed by atoms with E-state index >= 15 is 0 Å². The van der Waals surface area contributed by atoms with Gasteiger partial charge < -0.3 is 0 Å². The van der Waals surface area contributed by atoms with E-state index in [9.17, 15) is 0 Å². The zero-order valence-corrected chi connectivity index (χ0v) is 28.3. The third kappa shape index (κ3) is 4.05. The quantitative estimate of drug-likeness (QED) is 0.175. The van der Waals surface area contributed by atoms with Gasteiger partial charge in [0.15, 0.2) is 0 Å². The molecule has 4 aromatic heterocycles. The van der Waals surface area contributed by atoms with Gasteiger partial charge in [-0.2, -0.15) is 0 Å². The first-order valence-corrected chi connectivity index (χ1v) is 18.2. The van der Waals surface area contributed by atoms with Gasteiger partial charge in [0.25, 0.3) is 6.71 Å². The molecule has 6 heteroatoms. The highest BCUT2D eigenvalue weighted by atomic mass is 32.1. The van der Waals surface area contributed by atoms with Gasteiger partial charge in [-0.3, -0.25) is 19.0 Å². The highest BCUT2D eigenvalue weighted by Crippen LogP contribution is 2.45. The number of hydrogen-bond acceptors (Lipinski definition) is 3. The van der Waals surface area contributed by atoms with Crippen molar-refractivity contribution < 1.29 is 0 Å². The monoisotopic (exact) mass is 668 g/mol. The molecule has 4 nitrogen and oxygen atoms in total. The normalized spacial score (nSPS) is 12.6. The molecule has 11 rings (SSSR count). The molecule has 51 heavy (non-hydrogen) atoms. The zero-order valence-electron chi connectivity index (χ0n) is 27.5. The zero-order chi connectivity index (χ0) is 33.5. The third-order valence-electron chi connectivity index (χ3n) is 10.4. The summed E-state index contributed by atoms with van der Waals surface area (Å²) in [6.45, 7) is -0.156. The Bertz CT molecular complexity index is 2800. The van der Waals surface area contributed by atoms with E-state index in [1.807, 2.05) is 17.5 Å². The Morgan fingerprint density at radius 1 is 0.431 bits per heavy atom. The maximum atomic E-state index is 5.37. The second-order valence-electron chi connectivity index (χ2n) is 13.1. The number of aromatic nitrogens is 3. The molecule has 0 amide bonds. The fourth-order valence-corrected chi connectivity index (χ4v) is 9.62. The van der Waals surface area contributed by atoms with Crippen molar-refractivity contribution in [2.24, 2.45) is 0 Å². The molecule has 0 bridgehead atoms. The molecule has 0 atom stereocenters. The number of nitrogens with zero attached hydrogens (tertiary/aromatic N) is 4. The molecule has 10 aromatic rings. The Kier molecular flexibility index (Phi) is 6.18. The van der Waals surface area contributed by atoms with Crippen molar-refractivity contribution in [3.8, 4) is 11.4 Å². The van der Waals surface area contributed by atoms with Crippen LogP contribution in [-0.2, 0) is 0 Å². The minimum absolute atomic E-state index is 0.156. The van der Waals surface area contributed by atoms with E-state index in [2.05, 4.69) is 184 Å². The first-order valence-electron chi connectivity index (χ1n) is 17.4. The predicted octanol–water partition coefficient (Wildman–Crippen LogP) is 9.64. The largest absolute Gasteiger partial charge is 0.296 e. The van der Waals surface area contributed by atoms with Crippen molar-refractivity contribution in [2.45, 2.75) is 0 Å². The Morgan fingerprint density at radius 2 is 0.902 bits per heavy atom. The summed E-state index contributed by atoms with van der Waals surface area (Å²) in [5, 5.41) is 4.99. The maximum absolute atomic E-state index is 5.37. The van der Waals surface area contributed by atoms with Gasteiger partial charge >= 0.3 is 0 Å². The molecular formula is C45H29BN4S. The Balaban J connectivity index is 1.39. The first-order chi connectivity index (χ1) is 25.4. The molecule has 1 aliphatic rings. The van der Waals surface area contributed by atoms with E-state index in [0.29, 0.717) is 0 Å². The molecule has 0 fully saturated rings. The number of benzene rings is 6. The van der Waals surface area contributed by atoms with Crippen LogP contribution in [0.5, 0.6) is 0 Å². The van der Waals surface area contributed by atoms with E-state index in [1.54, 1.807) is 0 Å². The number of rotatable bonds is 4. The lowest BCUT2D eigenvalue weighted by Crippen LogP contribution is -2.58. The summed E-state index contributed by atoms with van der Waals surface area (Å²) < 4.78 is 7.45. The van der Waals surface area contributed by atoms with Crippen molar-refractivity contribution in [1.29, 1.82) is 0 Å². The summed E-state index contributed by atoms with van der Waals surface area (Å²) in [5.74, 6) is 2.26. The van der Waals surface area contributed by atoms with Gasteiger partial charge in [0, 0.05) is 49.0 Å². The SMILES string of the molecule is c1ccc(N2c3c(c4ccccc4n3-c3ccccc3)B(c3nccc4c3sc3ccccc34)c3c2n(-c2ccccc2)c2ccccc32)cc1. The fraction of sp³-hybridized carbons (Fsp3) is 0. The molecule has 0 radical (unpaired) electrons. The van der Waals surface area contributed by atoms with E-state index in [4.69, 9.17) is 4.98 Å². The van der Waals surface area contributed by atoms with Crippen LogP contribution in [0.25, 0.3) is 53.4 Å². The molecule has 0 saturated heterocycles. The van der Waals surface area contributed by atoms with Crippen molar-refractivity contribution >= 4 is 93.9 Å². The number of thiophene rings is 1. The van der Waals surface area contributed by atoms with Crippen molar-refractivity contribution in [3.05, 3.63) is 176 Å². The molecule has 0 spiro atoms. The van der Waals surface area contributed by atoms with E-state index in [0.717, 1.165) is 34.3 Å². The van der Waals surface area contributed by atoms with Crippen molar-refractivity contribution in [2.75, 3.05) is 4.90 Å². The molecule has 0 unspecified atom stereocenters. The summed E-state index contributed by atoms with van der Waals surface area (Å²) in [6, 6.07) is 61.2. The standard InChI is InChI=1S/C45H29BN4S/c1-4-16-30(17-5-1)48-37-25-13-10-23-35(37)40-44(48)50(32-20-8-3-9-21-32)45-41(36-24-11-14-26-38(36)49(45)31-18-6-2-7-19-31)46(40)43-42-34(28-29-47-43)33-22-12-15-27-39(33)51-42/h1-29H. The molecule has 6 aromatic carbocycles. The number of anilines is 3. The second kappa shape index (κ2) is 11.1. The molecule has 1 aliphatic heterocycles. The van der Waals surface area contributed by atoms with Crippen LogP contribution in [0.15, 0.2) is 176 Å². The van der Waals surface area contributed by atoms with Crippen LogP contribution in [-0.4, -0.2) is 20.8 Å². The fourth-order valence-electron chi connectivity index (χ4n) is 8.41. The van der Waals surface area contributed by atoms with Crippen molar-refractivity contribution in [1.82, 2.24) is 14.1 Å². The van der Waals surface area contributed by atoms with Gasteiger partial charge in [0.2, 0.25) is 0 Å². The van der Waals surface area contributed by atoms with Crippen LogP contribution in [0, 0.1) is 0 Å². The van der Waals surface area contributed by atoms with Gasteiger partial charge in [-0.1, -0.05) is 109 Å². The summed E-state index contributed by atoms with van der Waals surface area (Å²) in [5.41, 5.74) is 9.30. The predicted molar refractivity (Wildman–Crippen MR) is 217 cm³/mol. The van der Waals surface area contributed by atoms with Gasteiger partial charge in [0.1, 0.15) is 11.6 Å². The van der Waals surface area contributed by atoms with Gasteiger partial charge in [-0.25, -0.2) is 0 Å². The van der Waals surface area contributed by atoms with Crippen LogP contribution < -0.4 is 21.4 Å². The molecular weight excluding hydrogens is 639 g/mol. The number of hydrogen-bond donors (Lipinski definition) is 0. The lowest BCUT2D eigenvalue weighted by molar-refractivity contribution is 1.02. The van der Waals surface area contributed by atoms with Crippen LogP contribution in [0.4, 0.5) is 17.3 Å². The molecule has 0 N–H and O–H groups in total. The van der Waals surface area contributed by atoms with Crippen LogP contribution in [0.2, 0.25) is 0 Å². The van der Waals surface area contributed by atoms with Crippen molar-refractivity contribution in [3.63, 3.8) is 0 Å². The number of para-hydroxylation sites is 5. The first kappa shape index (κ1) is 28.5. The Hall–Kier alpha value is -6.37. The third-order valence-corrected chi connectivity index (χ3v) is 11.6. The summed E-state index contributed by atoms with van der Waals surface area (Å²) >= 11 is 1.86. The number of fused-ring (bicyclic) bond motifs is 9. The molecule has 0 aliphatic carbocycles. The summed E-state index contributed by atoms with van der Waals surface area (Å²) in [6.07, 6.45) is 2.02. The van der Waals surface area contributed by atoms with Gasteiger partial charge in [0.05, 0.1) is 11.0 Å². The average molecular weight is 669 g/mol. The van der Waals surface area contributed by atoms with E-state index in [-0.39, 0.29) is 6.71 Å². The second-order valence-corrected chi connectivity index (χ2v) is 14.2. The minimum Gasteiger partial charge on any atom is -0.296 e. The summed E-state index contributed by atoms with van der Waals surface area (Å²) in [7, 11) is 0. The summed E-state index contributed by atoms with van der Waals surface area (Å²) in [4.78, 5) is 7.88. The molecule has 0 saturated carbocycles. The van der Waals surface area contributed by atoms with E-state index in [1.165, 1.54) is 52.9 Å². The van der Waals surface area contributed by atoms with Crippen LogP contribution in [0.3, 0.4) is 0 Å². The smallest absolute Gasteiger partial charge is 0.277 e. The van der Waals surface area contributed by atoms with Gasteiger partial charge in [-0.15, -0.1) is 11.3 Å². The topological polar surface area (TPSA) is 26.0 Å². The number of pyridine rings is 1. The van der Waals surface area contributed by atoms with Crippen LogP contribution >= 0.6 is 11.3 Å². The molecule has 5 heterocycles. The molecule has 238 valence electrons. The van der Waals surface area contributed by atoms with Gasteiger partial charge in [-0.05, 0) is 82.4 Å². The Morgan fingerprint density at radius 3 is 1.47 bits per heavy atom. The van der Waals surface area contributed by atoms with E-state index < -0.39 is 0 Å². The van der Waals surface area contributed by atoms with Crippen LogP contribution in [0.1, 0.15) is 0 Å². The lowest BCUT2D eigenvalue weighted by Gasteiger charge is -2.36. The lowest BCUT2D eigenvalue weighted by atomic mass is 9.36. The minimum atomic E-state index is -0.156.